The highest BCUT2D eigenvalue weighted by molar-refractivity contribution is 5.91. The molecule has 18 heavy (non-hydrogen) atoms. The van der Waals surface area contributed by atoms with Gasteiger partial charge in [0.25, 0.3) is 0 Å². The summed E-state index contributed by atoms with van der Waals surface area (Å²) in [5, 5.41) is 11.9. The number of hydrogen-bond donors (Lipinski definition) is 2. The van der Waals surface area contributed by atoms with E-state index in [-0.39, 0.29) is 18.8 Å². The minimum absolute atomic E-state index is 0.0920. The molecule has 0 unspecified atom stereocenters. The monoisotopic (exact) mass is 251 g/mol. The van der Waals surface area contributed by atoms with Gasteiger partial charge in [-0.15, -0.1) is 0 Å². The molecular weight excluding hydrogens is 234 g/mol. The maximum absolute atomic E-state index is 11.7. The molecule has 1 heterocycles. The maximum Gasteiger partial charge on any atom is 0.224 e. The van der Waals surface area contributed by atoms with Gasteiger partial charge in [-0.05, 0) is 6.07 Å². The number of carbonyl (C=O) groups is 1. The van der Waals surface area contributed by atoms with Gasteiger partial charge in [-0.2, -0.15) is 0 Å². The Morgan fingerprint density at radius 2 is 2.06 bits per heavy atom. The molecule has 1 aliphatic heterocycles. The smallest absolute Gasteiger partial charge is 0.224 e. The van der Waals surface area contributed by atoms with Gasteiger partial charge in [0.1, 0.15) is 0 Å². The molecule has 1 aliphatic rings. The summed E-state index contributed by atoms with van der Waals surface area (Å²) in [6.45, 7) is 1.10. The van der Waals surface area contributed by atoms with Gasteiger partial charge >= 0.3 is 0 Å². The van der Waals surface area contributed by atoms with Crippen LogP contribution in [0.5, 0.6) is 0 Å². The second kappa shape index (κ2) is 6.49. The molecule has 2 N–H and O–H groups in total. The van der Waals surface area contributed by atoms with E-state index in [1.807, 2.05) is 12.1 Å². The summed E-state index contributed by atoms with van der Waals surface area (Å²) in [5.74, 6) is -0.102. The van der Waals surface area contributed by atoms with Crippen LogP contribution in [-0.4, -0.2) is 30.5 Å². The lowest BCUT2D eigenvalue weighted by Crippen LogP contribution is -2.16. The van der Waals surface area contributed by atoms with E-state index < -0.39 is 0 Å². The lowest BCUT2D eigenvalue weighted by Gasteiger charge is -2.11. The van der Waals surface area contributed by atoms with E-state index in [4.69, 9.17) is 14.6 Å². The van der Waals surface area contributed by atoms with Crippen LogP contribution in [0, 0.1) is 0 Å². The molecule has 98 valence electrons. The normalized spacial score (nSPS) is 15.8. The Hall–Kier alpha value is -1.43. The number of aliphatic hydroxyl groups excluding tert-OH is 1. The fraction of sp³-hybridized carbons (Fsp3) is 0.462. The summed E-state index contributed by atoms with van der Waals surface area (Å²) in [6, 6.07) is 7.18. The van der Waals surface area contributed by atoms with Gasteiger partial charge in [0.2, 0.25) is 5.91 Å². The molecule has 2 rings (SSSR count). The fourth-order valence-corrected chi connectivity index (χ4v) is 1.82. The number of benzene rings is 1. The van der Waals surface area contributed by atoms with Crippen molar-refractivity contribution in [1.82, 2.24) is 0 Å². The average molecular weight is 251 g/mol. The lowest BCUT2D eigenvalue weighted by molar-refractivity contribution is -0.118. The number of hydrogen-bond acceptors (Lipinski definition) is 4. The second-order valence-electron chi connectivity index (χ2n) is 4.07. The predicted molar refractivity (Wildman–Crippen MR) is 65.9 cm³/mol. The molecular formula is C13H17NO4. The van der Waals surface area contributed by atoms with Crippen molar-refractivity contribution in [2.45, 2.75) is 25.7 Å². The van der Waals surface area contributed by atoms with Gasteiger partial charge in [-0.3, -0.25) is 4.79 Å². The highest BCUT2D eigenvalue weighted by Crippen LogP contribution is 2.16. The summed E-state index contributed by atoms with van der Waals surface area (Å²) < 4.78 is 10.5. The van der Waals surface area contributed by atoms with Gasteiger partial charge in [-0.1, -0.05) is 18.2 Å². The minimum Gasteiger partial charge on any atom is -0.392 e. The van der Waals surface area contributed by atoms with Crippen molar-refractivity contribution in [3.8, 4) is 0 Å². The first-order valence-electron chi connectivity index (χ1n) is 6.01. The minimum atomic E-state index is -0.260. The lowest BCUT2D eigenvalue weighted by atomic mass is 10.2. The van der Waals surface area contributed by atoms with Crippen LogP contribution in [0.25, 0.3) is 0 Å². The zero-order valence-corrected chi connectivity index (χ0v) is 10.1. The van der Waals surface area contributed by atoms with Gasteiger partial charge in [0.15, 0.2) is 6.29 Å². The van der Waals surface area contributed by atoms with E-state index in [0.29, 0.717) is 37.3 Å². The van der Waals surface area contributed by atoms with Crippen molar-refractivity contribution in [1.29, 1.82) is 0 Å². The first kappa shape index (κ1) is 13.0. The molecule has 0 spiro atoms. The van der Waals surface area contributed by atoms with Crippen LogP contribution in [0.15, 0.2) is 24.3 Å². The first-order valence-corrected chi connectivity index (χ1v) is 6.01. The van der Waals surface area contributed by atoms with Gasteiger partial charge in [0.05, 0.1) is 19.8 Å². The molecule has 0 aromatic heterocycles. The van der Waals surface area contributed by atoms with Crippen LogP contribution >= 0.6 is 0 Å². The third-order valence-corrected chi connectivity index (χ3v) is 2.76. The number of para-hydroxylation sites is 1. The van der Waals surface area contributed by atoms with E-state index in [0.717, 1.165) is 0 Å². The highest BCUT2D eigenvalue weighted by Gasteiger charge is 2.17. The van der Waals surface area contributed by atoms with E-state index in [2.05, 4.69) is 5.32 Å². The van der Waals surface area contributed by atoms with Crippen molar-refractivity contribution < 1.29 is 19.4 Å². The fourth-order valence-electron chi connectivity index (χ4n) is 1.82. The zero-order chi connectivity index (χ0) is 12.8. The Kier molecular flexibility index (Phi) is 4.69. The van der Waals surface area contributed by atoms with Gasteiger partial charge in [-0.25, -0.2) is 0 Å². The molecule has 1 saturated heterocycles. The molecule has 0 bridgehead atoms. The van der Waals surface area contributed by atoms with Crippen molar-refractivity contribution >= 4 is 11.6 Å². The zero-order valence-electron chi connectivity index (χ0n) is 10.1. The average Bonchev–Trinajstić information content (AvgIpc) is 2.90. The Morgan fingerprint density at radius 1 is 1.33 bits per heavy atom. The molecule has 5 nitrogen and oxygen atoms in total. The SMILES string of the molecule is O=C(CCC1OCCO1)Nc1ccccc1CO. The van der Waals surface area contributed by atoms with Crippen LogP contribution in [0.1, 0.15) is 18.4 Å². The number of ether oxygens (including phenoxy) is 2. The van der Waals surface area contributed by atoms with Gasteiger partial charge in [0, 0.05) is 24.1 Å². The second-order valence-corrected chi connectivity index (χ2v) is 4.07. The molecule has 5 heteroatoms. The number of rotatable bonds is 5. The largest absolute Gasteiger partial charge is 0.392 e. The van der Waals surface area contributed by atoms with Crippen LogP contribution in [-0.2, 0) is 20.9 Å². The summed E-state index contributed by atoms with van der Waals surface area (Å²) in [7, 11) is 0. The molecule has 1 aromatic carbocycles. The standard InChI is InChI=1S/C13H17NO4/c15-9-10-3-1-2-4-11(10)14-12(16)5-6-13-17-7-8-18-13/h1-4,13,15H,5-9H2,(H,14,16). The number of anilines is 1. The third kappa shape index (κ3) is 3.53. The maximum atomic E-state index is 11.7. The van der Waals surface area contributed by atoms with Gasteiger partial charge < -0.3 is 19.9 Å². The molecule has 0 saturated carbocycles. The topological polar surface area (TPSA) is 67.8 Å². The summed E-state index contributed by atoms with van der Waals surface area (Å²) in [6.07, 6.45) is 0.626. The number of carbonyl (C=O) groups excluding carboxylic acids is 1. The molecule has 0 atom stereocenters. The Bertz CT molecular complexity index is 402. The van der Waals surface area contributed by atoms with Crippen LogP contribution in [0.4, 0.5) is 5.69 Å². The van der Waals surface area contributed by atoms with Crippen LogP contribution < -0.4 is 5.32 Å². The van der Waals surface area contributed by atoms with E-state index in [9.17, 15) is 4.79 Å². The number of aliphatic hydroxyl groups is 1. The number of nitrogens with one attached hydrogen (secondary N) is 1. The van der Waals surface area contributed by atoms with Crippen molar-refractivity contribution in [2.75, 3.05) is 18.5 Å². The quantitative estimate of drug-likeness (QED) is 0.827. The van der Waals surface area contributed by atoms with Crippen LogP contribution in [0.2, 0.25) is 0 Å². The molecule has 0 aliphatic carbocycles. The van der Waals surface area contributed by atoms with E-state index in [1.54, 1.807) is 12.1 Å². The molecule has 1 fully saturated rings. The van der Waals surface area contributed by atoms with Crippen molar-refractivity contribution in [3.63, 3.8) is 0 Å². The molecule has 0 radical (unpaired) electrons. The summed E-state index contributed by atoms with van der Waals surface area (Å²) >= 11 is 0. The Balaban J connectivity index is 1.82. The van der Waals surface area contributed by atoms with Crippen molar-refractivity contribution in [2.24, 2.45) is 0 Å². The first-order chi connectivity index (χ1) is 8.79. The number of amides is 1. The molecule has 1 aromatic rings. The van der Waals surface area contributed by atoms with E-state index >= 15 is 0 Å². The Morgan fingerprint density at radius 3 is 2.78 bits per heavy atom. The van der Waals surface area contributed by atoms with Crippen molar-refractivity contribution in [3.05, 3.63) is 29.8 Å². The Labute approximate surface area is 106 Å². The third-order valence-electron chi connectivity index (χ3n) is 2.76. The molecule has 1 amide bonds. The summed E-state index contributed by atoms with van der Waals surface area (Å²) in [5.41, 5.74) is 1.36. The summed E-state index contributed by atoms with van der Waals surface area (Å²) in [4.78, 5) is 11.7. The predicted octanol–water partition coefficient (Wildman–Crippen LogP) is 1.27. The highest BCUT2D eigenvalue weighted by atomic mass is 16.7. The van der Waals surface area contributed by atoms with E-state index in [1.165, 1.54) is 0 Å². The van der Waals surface area contributed by atoms with Crippen LogP contribution in [0.3, 0.4) is 0 Å².